The van der Waals surface area contributed by atoms with Crippen LogP contribution in [0.5, 0.6) is 0 Å². The predicted octanol–water partition coefficient (Wildman–Crippen LogP) is 7.07. The summed E-state index contributed by atoms with van der Waals surface area (Å²) < 4.78 is 10.8. The molecule has 2 amide bonds. The summed E-state index contributed by atoms with van der Waals surface area (Å²) in [4.78, 5) is 76.6. The smallest absolute Gasteiger partial charge is 0.332 e. The van der Waals surface area contributed by atoms with Crippen LogP contribution in [0.15, 0.2) is 0 Å². The number of ether oxygens (including phenoxy) is 2. The summed E-state index contributed by atoms with van der Waals surface area (Å²) >= 11 is 0. The molecule has 1 unspecified atom stereocenters. The van der Waals surface area contributed by atoms with E-state index in [0.717, 1.165) is 37.2 Å². The molecule has 0 aliphatic rings. The van der Waals surface area contributed by atoms with Gasteiger partial charge < -0.3 is 24.4 Å². The van der Waals surface area contributed by atoms with Crippen molar-refractivity contribution in [1.29, 1.82) is 0 Å². The van der Waals surface area contributed by atoms with E-state index in [0.29, 0.717) is 19.1 Å². The quantitative estimate of drug-likeness (QED) is 0.0467. The maximum absolute atomic E-state index is 12.7. The zero-order valence-corrected chi connectivity index (χ0v) is 30.4. The van der Waals surface area contributed by atoms with Gasteiger partial charge in [-0.2, -0.15) is 5.06 Å². The number of carbonyl (C=O) groups is 6. The molecule has 0 aromatic rings. The van der Waals surface area contributed by atoms with Crippen molar-refractivity contribution in [3.8, 4) is 0 Å². The SMILES string of the molecule is CN(OC(=O)CCC(NC(=O)CCCCCCCCCCCCCCCCC(=O)OC(C)(C)C)C(=O)OC(C)(C)C)C(=O)CCC=O. The molecule has 11 heteroatoms. The first-order valence-electron chi connectivity index (χ1n) is 17.7. The van der Waals surface area contributed by atoms with Gasteiger partial charge in [-0.05, 0) is 60.8 Å². The molecular formula is C36H64N2O9. The predicted molar refractivity (Wildman–Crippen MR) is 181 cm³/mol. The van der Waals surface area contributed by atoms with Crippen molar-refractivity contribution in [1.82, 2.24) is 10.4 Å². The highest BCUT2D eigenvalue weighted by Crippen LogP contribution is 2.16. The Bertz CT molecular complexity index is 938. The molecule has 0 aliphatic carbocycles. The lowest BCUT2D eigenvalue weighted by Crippen LogP contribution is -2.44. The normalized spacial score (nSPS) is 12.1. The number of nitrogens with zero attached hydrogens (tertiary/aromatic N) is 1. The molecule has 0 bridgehead atoms. The first-order chi connectivity index (χ1) is 22.0. The number of aldehydes is 1. The molecular weight excluding hydrogens is 604 g/mol. The number of carbonyl (C=O) groups excluding carboxylic acids is 6. The van der Waals surface area contributed by atoms with E-state index in [1.54, 1.807) is 20.8 Å². The highest BCUT2D eigenvalue weighted by atomic mass is 16.7. The lowest BCUT2D eigenvalue weighted by molar-refractivity contribution is -0.193. The average Bonchev–Trinajstić information content (AvgIpc) is 2.95. The van der Waals surface area contributed by atoms with E-state index in [9.17, 15) is 28.8 Å². The van der Waals surface area contributed by atoms with Crippen molar-refractivity contribution < 1.29 is 43.1 Å². The monoisotopic (exact) mass is 668 g/mol. The Labute approximate surface area is 283 Å². The molecule has 0 fully saturated rings. The van der Waals surface area contributed by atoms with Gasteiger partial charge >= 0.3 is 17.9 Å². The molecule has 272 valence electrons. The van der Waals surface area contributed by atoms with Crippen LogP contribution in [0.1, 0.15) is 170 Å². The van der Waals surface area contributed by atoms with E-state index >= 15 is 0 Å². The van der Waals surface area contributed by atoms with Crippen LogP contribution in [0.4, 0.5) is 0 Å². The van der Waals surface area contributed by atoms with Gasteiger partial charge in [-0.1, -0.05) is 77.0 Å². The number of rotatable bonds is 25. The van der Waals surface area contributed by atoms with Crippen LogP contribution < -0.4 is 5.32 Å². The minimum atomic E-state index is -1.02. The molecule has 0 rings (SSSR count). The van der Waals surface area contributed by atoms with Crippen molar-refractivity contribution in [3.63, 3.8) is 0 Å². The highest BCUT2D eigenvalue weighted by Gasteiger charge is 2.28. The Morgan fingerprint density at radius 1 is 0.617 bits per heavy atom. The second-order valence-corrected chi connectivity index (χ2v) is 14.3. The van der Waals surface area contributed by atoms with Gasteiger partial charge in [0.2, 0.25) is 5.91 Å². The van der Waals surface area contributed by atoms with Crippen LogP contribution in [0.3, 0.4) is 0 Å². The summed E-state index contributed by atoms with van der Waals surface area (Å²) in [5, 5.41) is 3.47. The number of unbranched alkanes of at least 4 members (excludes halogenated alkanes) is 13. The van der Waals surface area contributed by atoms with Gasteiger partial charge in [-0.15, -0.1) is 0 Å². The topological polar surface area (TPSA) is 145 Å². The van der Waals surface area contributed by atoms with E-state index in [1.807, 2.05) is 20.8 Å². The number of esters is 2. The highest BCUT2D eigenvalue weighted by molar-refractivity contribution is 5.85. The van der Waals surface area contributed by atoms with E-state index in [1.165, 1.54) is 58.4 Å². The molecule has 1 N–H and O–H groups in total. The summed E-state index contributed by atoms with van der Waals surface area (Å²) in [5.41, 5.74) is -1.17. The fourth-order valence-electron chi connectivity index (χ4n) is 4.81. The molecule has 11 nitrogen and oxygen atoms in total. The molecule has 0 saturated carbocycles. The largest absolute Gasteiger partial charge is 0.460 e. The van der Waals surface area contributed by atoms with Gasteiger partial charge in [0.15, 0.2) is 0 Å². The van der Waals surface area contributed by atoms with Crippen LogP contribution in [-0.4, -0.2) is 65.4 Å². The third-order valence-corrected chi connectivity index (χ3v) is 7.18. The Kier molecular flexibility index (Phi) is 23.5. The van der Waals surface area contributed by atoms with Gasteiger partial charge in [-0.3, -0.25) is 14.4 Å². The van der Waals surface area contributed by atoms with Gasteiger partial charge in [0.05, 0.1) is 6.42 Å². The molecule has 0 spiro atoms. The summed E-state index contributed by atoms with van der Waals surface area (Å²) in [6.45, 7) is 10.8. The third-order valence-electron chi connectivity index (χ3n) is 7.18. The van der Waals surface area contributed by atoms with Gasteiger partial charge in [-0.25, -0.2) is 9.59 Å². The lowest BCUT2D eigenvalue weighted by Gasteiger charge is -2.24. The molecule has 0 aromatic carbocycles. The molecule has 0 heterocycles. The number of amides is 2. The van der Waals surface area contributed by atoms with Crippen molar-refractivity contribution in [2.75, 3.05) is 7.05 Å². The van der Waals surface area contributed by atoms with Crippen LogP contribution in [0, 0.1) is 0 Å². The Morgan fingerprint density at radius 3 is 1.51 bits per heavy atom. The summed E-state index contributed by atoms with van der Waals surface area (Å²) in [5.74, 6) is -2.27. The van der Waals surface area contributed by atoms with Crippen LogP contribution in [0.2, 0.25) is 0 Å². The first-order valence-corrected chi connectivity index (χ1v) is 17.7. The Morgan fingerprint density at radius 2 is 1.06 bits per heavy atom. The number of nitrogens with one attached hydrogen (secondary N) is 1. The maximum Gasteiger partial charge on any atom is 0.332 e. The molecule has 0 aliphatic heterocycles. The second-order valence-electron chi connectivity index (χ2n) is 14.3. The van der Waals surface area contributed by atoms with E-state index in [-0.39, 0.29) is 44.0 Å². The number of hydroxylamine groups is 2. The Hall–Kier alpha value is -2.98. The van der Waals surface area contributed by atoms with Gasteiger partial charge in [0, 0.05) is 32.7 Å². The zero-order valence-electron chi connectivity index (χ0n) is 30.4. The molecule has 0 aromatic heterocycles. The first kappa shape index (κ1) is 44.0. The van der Waals surface area contributed by atoms with Crippen molar-refractivity contribution >= 4 is 36.0 Å². The van der Waals surface area contributed by atoms with Crippen molar-refractivity contribution in [3.05, 3.63) is 0 Å². The number of hydrogen-bond donors (Lipinski definition) is 1. The molecule has 0 saturated heterocycles. The minimum Gasteiger partial charge on any atom is -0.460 e. The summed E-state index contributed by atoms with van der Waals surface area (Å²) in [6, 6.07) is -1.02. The number of hydrogen-bond acceptors (Lipinski definition) is 9. The Balaban J connectivity index is 4.10. The lowest BCUT2D eigenvalue weighted by atomic mass is 10.0. The second kappa shape index (κ2) is 25.1. The van der Waals surface area contributed by atoms with Gasteiger partial charge in [0.1, 0.15) is 23.5 Å². The minimum absolute atomic E-state index is 0.0248. The third kappa shape index (κ3) is 27.8. The van der Waals surface area contributed by atoms with E-state index in [2.05, 4.69) is 5.32 Å². The van der Waals surface area contributed by atoms with Crippen LogP contribution >= 0.6 is 0 Å². The molecule has 47 heavy (non-hydrogen) atoms. The van der Waals surface area contributed by atoms with Crippen LogP contribution in [-0.2, 0) is 43.1 Å². The van der Waals surface area contributed by atoms with Crippen LogP contribution in [0.25, 0.3) is 0 Å². The average molecular weight is 669 g/mol. The summed E-state index contributed by atoms with van der Waals surface area (Å²) in [6.07, 6.45) is 16.7. The standard InChI is InChI=1S/C36H64N2O9/c1-35(2,3)45-32(42)25-21-19-17-15-13-11-9-8-10-12-14-16-18-20-23-30(40)37-29(34(44)46-36(4,5)6)26-27-33(43)47-38(7)31(41)24-22-28-39/h28-29H,8-27H2,1-7H3,(H,37,40). The summed E-state index contributed by atoms with van der Waals surface area (Å²) in [7, 11) is 1.28. The van der Waals surface area contributed by atoms with E-state index in [4.69, 9.17) is 14.3 Å². The van der Waals surface area contributed by atoms with E-state index < -0.39 is 35.1 Å². The van der Waals surface area contributed by atoms with Crippen molar-refractivity contribution in [2.24, 2.45) is 0 Å². The zero-order chi connectivity index (χ0) is 35.7. The maximum atomic E-state index is 12.7. The van der Waals surface area contributed by atoms with Gasteiger partial charge in [0.25, 0.3) is 5.91 Å². The van der Waals surface area contributed by atoms with Crippen molar-refractivity contribution in [2.45, 2.75) is 187 Å². The fourth-order valence-corrected chi connectivity index (χ4v) is 4.81. The fraction of sp³-hybridized carbons (Fsp3) is 0.833. The molecule has 1 atom stereocenters. The molecule has 0 radical (unpaired) electrons.